The zero-order valence-electron chi connectivity index (χ0n) is 11.4. The number of aromatic nitrogens is 2. The molecular weight excluding hydrogens is 236 g/mol. The summed E-state index contributed by atoms with van der Waals surface area (Å²) in [5, 5.41) is 3.42. The van der Waals surface area contributed by atoms with Crippen LogP contribution in [0, 0.1) is 0 Å². The molecule has 0 aliphatic heterocycles. The van der Waals surface area contributed by atoms with Crippen LogP contribution in [0.1, 0.15) is 25.1 Å². The van der Waals surface area contributed by atoms with Crippen LogP contribution < -0.4 is 11.1 Å². The Morgan fingerprint density at radius 3 is 2.58 bits per heavy atom. The minimum absolute atomic E-state index is 0.333. The van der Waals surface area contributed by atoms with E-state index >= 15 is 0 Å². The SMILES string of the molecule is CCc1cc(NC(C)(CN)c2ccccc2)ncn1. The second-order valence-electron chi connectivity index (χ2n) is 4.78. The fourth-order valence-electron chi connectivity index (χ4n) is 1.99. The maximum Gasteiger partial charge on any atom is 0.130 e. The summed E-state index contributed by atoms with van der Waals surface area (Å²) >= 11 is 0. The predicted molar refractivity (Wildman–Crippen MR) is 77.9 cm³/mol. The van der Waals surface area contributed by atoms with Crippen molar-refractivity contribution in [2.24, 2.45) is 5.73 Å². The lowest BCUT2D eigenvalue weighted by Gasteiger charge is -2.30. The molecule has 2 rings (SSSR count). The van der Waals surface area contributed by atoms with Gasteiger partial charge in [-0.3, -0.25) is 0 Å². The monoisotopic (exact) mass is 256 g/mol. The van der Waals surface area contributed by atoms with Crippen LogP contribution in [-0.4, -0.2) is 16.5 Å². The molecule has 0 spiro atoms. The number of rotatable bonds is 5. The Bertz CT molecular complexity index is 527. The molecule has 4 heteroatoms. The highest BCUT2D eigenvalue weighted by atomic mass is 15.1. The molecule has 1 unspecified atom stereocenters. The van der Waals surface area contributed by atoms with Crippen molar-refractivity contribution < 1.29 is 0 Å². The molecular formula is C15H20N4. The van der Waals surface area contributed by atoms with Crippen molar-refractivity contribution in [3.05, 3.63) is 54.0 Å². The zero-order valence-corrected chi connectivity index (χ0v) is 11.4. The van der Waals surface area contributed by atoms with E-state index in [0.29, 0.717) is 6.54 Å². The van der Waals surface area contributed by atoms with Gasteiger partial charge in [0.25, 0.3) is 0 Å². The number of anilines is 1. The van der Waals surface area contributed by atoms with E-state index in [2.05, 4.69) is 41.3 Å². The van der Waals surface area contributed by atoms with Crippen LogP contribution in [0.4, 0.5) is 5.82 Å². The van der Waals surface area contributed by atoms with Gasteiger partial charge in [0.2, 0.25) is 0 Å². The number of nitrogens with one attached hydrogen (secondary N) is 1. The van der Waals surface area contributed by atoms with Gasteiger partial charge in [-0.25, -0.2) is 9.97 Å². The summed E-state index contributed by atoms with van der Waals surface area (Å²) in [6.07, 6.45) is 2.48. The second kappa shape index (κ2) is 5.80. The van der Waals surface area contributed by atoms with Gasteiger partial charge in [0.05, 0.1) is 5.54 Å². The fraction of sp³-hybridized carbons (Fsp3) is 0.333. The largest absolute Gasteiger partial charge is 0.359 e. The quantitative estimate of drug-likeness (QED) is 0.861. The highest BCUT2D eigenvalue weighted by molar-refractivity contribution is 5.42. The molecule has 1 heterocycles. The van der Waals surface area contributed by atoms with Crippen molar-refractivity contribution in [1.82, 2.24) is 9.97 Å². The molecule has 19 heavy (non-hydrogen) atoms. The van der Waals surface area contributed by atoms with E-state index in [0.717, 1.165) is 23.5 Å². The van der Waals surface area contributed by atoms with Crippen LogP contribution in [0.3, 0.4) is 0 Å². The molecule has 100 valence electrons. The molecule has 0 aliphatic rings. The molecule has 0 bridgehead atoms. The van der Waals surface area contributed by atoms with Crippen LogP contribution in [0.25, 0.3) is 0 Å². The Labute approximate surface area is 114 Å². The maximum atomic E-state index is 5.95. The first-order valence-electron chi connectivity index (χ1n) is 6.52. The standard InChI is InChI=1S/C15H20N4/c1-3-13-9-14(18-11-17-13)19-15(2,10-16)12-7-5-4-6-8-12/h4-9,11H,3,10,16H2,1-2H3,(H,17,18,19). The summed E-state index contributed by atoms with van der Waals surface area (Å²) in [7, 11) is 0. The van der Waals surface area contributed by atoms with Gasteiger partial charge < -0.3 is 11.1 Å². The molecule has 0 fully saturated rings. The van der Waals surface area contributed by atoms with E-state index < -0.39 is 0 Å². The van der Waals surface area contributed by atoms with Gasteiger partial charge in [-0.15, -0.1) is 0 Å². The van der Waals surface area contributed by atoms with Crippen LogP contribution >= 0.6 is 0 Å². The van der Waals surface area contributed by atoms with Gasteiger partial charge >= 0.3 is 0 Å². The minimum atomic E-state index is -0.333. The lowest BCUT2D eigenvalue weighted by Crippen LogP contribution is -2.40. The van der Waals surface area contributed by atoms with E-state index in [1.807, 2.05) is 24.3 Å². The smallest absolute Gasteiger partial charge is 0.130 e. The number of hydrogen-bond donors (Lipinski definition) is 2. The van der Waals surface area contributed by atoms with Crippen molar-refractivity contribution in [2.45, 2.75) is 25.8 Å². The molecule has 1 atom stereocenters. The fourth-order valence-corrected chi connectivity index (χ4v) is 1.99. The molecule has 0 saturated carbocycles. The highest BCUT2D eigenvalue weighted by Crippen LogP contribution is 2.24. The summed E-state index contributed by atoms with van der Waals surface area (Å²) < 4.78 is 0. The Morgan fingerprint density at radius 2 is 1.95 bits per heavy atom. The van der Waals surface area contributed by atoms with Gasteiger partial charge in [0, 0.05) is 18.3 Å². The number of aryl methyl sites for hydroxylation is 1. The topological polar surface area (TPSA) is 63.8 Å². The van der Waals surface area contributed by atoms with E-state index in [1.54, 1.807) is 6.33 Å². The predicted octanol–water partition coefficient (Wildman–Crippen LogP) is 2.33. The third-order valence-electron chi connectivity index (χ3n) is 3.31. The second-order valence-corrected chi connectivity index (χ2v) is 4.78. The van der Waals surface area contributed by atoms with Crippen molar-refractivity contribution in [1.29, 1.82) is 0 Å². The van der Waals surface area contributed by atoms with E-state index in [-0.39, 0.29) is 5.54 Å². The van der Waals surface area contributed by atoms with Crippen molar-refractivity contribution in [2.75, 3.05) is 11.9 Å². The van der Waals surface area contributed by atoms with Crippen molar-refractivity contribution in [3.8, 4) is 0 Å². The van der Waals surface area contributed by atoms with Crippen LogP contribution in [-0.2, 0) is 12.0 Å². The van der Waals surface area contributed by atoms with Crippen LogP contribution in [0.5, 0.6) is 0 Å². The molecule has 3 N–H and O–H groups in total. The van der Waals surface area contributed by atoms with Gasteiger partial charge in [0.1, 0.15) is 12.1 Å². The molecule has 0 amide bonds. The summed E-state index contributed by atoms with van der Waals surface area (Å²) in [5.41, 5.74) is 7.78. The van der Waals surface area contributed by atoms with E-state index in [9.17, 15) is 0 Å². The first-order valence-corrected chi connectivity index (χ1v) is 6.52. The first-order chi connectivity index (χ1) is 9.18. The molecule has 1 aromatic carbocycles. The van der Waals surface area contributed by atoms with Gasteiger partial charge in [-0.2, -0.15) is 0 Å². The number of hydrogen-bond acceptors (Lipinski definition) is 4. The number of nitrogens with zero attached hydrogens (tertiary/aromatic N) is 2. The first kappa shape index (κ1) is 13.5. The summed E-state index contributed by atoms with van der Waals surface area (Å²) in [6.45, 7) is 4.64. The zero-order chi connectivity index (χ0) is 13.7. The minimum Gasteiger partial charge on any atom is -0.359 e. The lowest BCUT2D eigenvalue weighted by atomic mass is 9.92. The molecule has 2 aromatic rings. The summed E-state index contributed by atoms with van der Waals surface area (Å²) in [6, 6.07) is 12.1. The van der Waals surface area contributed by atoms with Crippen molar-refractivity contribution in [3.63, 3.8) is 0 Å². The number of nitrogens with two attached hydrogens (primary N) is 1. The van der Waals surface area contributed by atoms with Crippen molar-refractivity contribution >= 4 is 5.82 Å². The molecule has 0 aliphatic carbocycles. The Balaban J connectivity index is 2.27. The Hall–Kier alpha value is -1.94. The van der Waals surface area contributed by atoms with Crippen LogP contribution in [0.15, 0.2) is 42.7 Å². The molecule has 1 aromatic heterocycles. The summed E-state index contributed by atoms with van der Waals surface area (Å²) in [4.78, 5) is 8.47. The van der Waals surface area contributed by atoms with Gasteiger partial charge in [0.15, 0.2) is 0 Å². The van der Waals surface area contributed by atoms with Gasteiger partial charge in [-0.05, 0) is 18.9 Å². The van der Waals surface area contributed by atoms with Crippen LogP contribution in [0.2, 0.25) is 0 Å². The average molecular weight is 256 g/mol. The molecule has 4 nitrogen and oxygen atoms in total. The van der Waals surface area contributed by atoms with E-state index in [4.69, 9.17) is 5.73 Å². The normalized spacial score (nSPS) is 13.8. The Kier molecular flexibility index (Phi) is 4.12. The summed E-state index contributed by atoms with van der Waals surface area (Å²) in [5.74, 6) is 0.809. The van der Waals surface area contributed by atoms with Gasteiger partial charge in [-0.1, -0.05) is 37.3 Å². The molecule has 0 saturated heterocycles. The number of benzene rings is 1. The molecule has 0 radical (unpaired) electrons. The average Bonchev–Trinajstić information content (AvgIpc) is 2.48. The van der Waals surface area contributed by atoms with E-state index in [1.165, 1.54) is 0 Å². The maximum absolute atomic E-state index is 5.95. The lowest BCUT2D eigenvalue weighted by molar-refractivity contribution is 0.553. The third-order valence-corrected chi connectivity index (χ3v) is 3.31. The highest BCUT2D eigenvalue weighted by Gasteiger charge is 2.24. The third kappa shape index (κ3) is 3.09. The Morgan fingerprint density at radius 1 is 1.21 bits per heavy atom.